The second kappa shape index (κ2) is 7.25. The van der Waals surface area contributed by atoms with Gasteiger partial charge in [0.2, 0.25) is 0 Å². The van der Waals surface area contributed by atoms with Crippen LogP contribution in [0, 0.1) is 5.82 Å². The normalized spacial score (nSPS) is 12.8. The van der Waals surface area contributed by atoms with Gasteiger partial charge >= 0.3 is 0 Å². The van der Waals surface area contributed by atoms with Crippen LogP contribution in [0.25, 0.3) is 0 Å². The molecule has 0 saturated heterocycles. The summed E-state index contributed by atoms with van der Waals surface area (Å²) < 4.78 is 24.0. The van der Waals surface area contributed by atoms with Crippen LogP contribution >= 0.6 is 0 Å². The van der Waals surface area contributed by atoms with E-state index in [9.17, 15) is 4.39 Å². The maximum atomic E-state index is 13.4. The summed E-state index contributed by atoms with van der Waals surface area (Å²) in [5.74, 6) is -0.0849. The number of ether oxygens (including phenoxy) is 2. The van der Waals surface area contributed by atoms with Crippen LogP contribution in [0.1, 0.15) is 13.8 Å². The van der Waals surface area contributed by atoms with Gasteiger partial charge in [0.25, 0.3) is 0 Å². The summed E-state index contributed by atoms with van der Waals surface area (Å²) >= 11 is 0. The molecule has 1 atom stereocenters. The van der Waals surface area contributed by atoms with Crippen molar-refractivity contribution in [1.29, 1.82) is 0 Å². The second-order valence-corrected chi connectivity index (χ2v) is 4.19. The molecule has 1 aromatic rings. The van der Waals surface area contributed by atoms with Crippen LogP contribution in [-0.2, 0) is 4.74 Å². The third-order valence-electron chi connectivity index (χ3n) is 2.24. The summed E-state index contributed by atoms with van der Waals surface area (Å²) in [5, 5.41) is 3.24. The molecule has 0 fully saturated rings. The zero-order valence-corrected chi connectivity index (χ0v) is 10.6. The Balaban J connectivity index is 2.56. The van der Waals surface area contributed by atoms with Gasteiger partial charge in [-0.05, 0) is 12.1 Å². The van der Waals surface area contributed by atoms with Gasteiger partial charge in [0.15, 0.2) is 11.6 Å². The standard InChI is InChI=1S/C13H20FNO2/c1-10(2)15-8-11(9-16-3)17-13-7-5-4-6-12(13)14/h4-7,10-11,15H,8-9H2,1-3H3. The van der Waals surface area contributed by atoms with Gasteiger partial charge in [-0.15, -0.1) is 0 Å². The van der Waals surface area contributed by atoms with Gasteiger partial charge < -0.3 is 14.8 Å². The number of hydrogen-bond donors (Lipinski definition) is 1. The molecule has 1 aromatic carbocycles. The Kier molecular flexibility index (Phi) is 5.94. The lowest BCUT2D eigenvalue weighted by atomic mass is 10.3. The molecule has 0 amide bonds. The molecule has 17 heavy (non-hydrogen) atoms. The van der Waals surface area contributed by atoms with Gasteiger partial charge in [-0.3, -0.25) is 0 Å². The smallest absolute Gasteiger partial charge is 0.165 e. The van der Waals surface area contributed by atoms with E-state index < -0.39 is 0 Å². The lowest BCUT2D eigenvalue weighted by Gasteiger charge is -2.20. The van der Waals surface area contributed by atoms with Crippen molar-refractivity contribution < 1.29 is 13.9 Å². The highest BCUT2D eigenvalue weighted by Crippen LogP contribution is 2.17. The zero-order chi connectivity index (χ0) is 12.7. The lowest BCUT2D eigenvalue weighted by molar-refractivity contribution is 0.0767. The van der Waals surface area contributed by atoms with Crippen LogP contribution in [0.2, 0.25) is 0 Å². The SMILES string of the molecule is COCC(CNC(C)C)Oc1ccccc1F. The van der Waals surface area contributed by atoms with Gasteiger partial charge in [-0.2, -0.15) is 0 Å². The first kappa shape index (κ1) is 13.9. The van der Waals surface area contributed by atoms with Crippen LogP contribution in [0.15, 0.2) is 24.3 Å². The first-order chi connectivity index (χ1) is 8.13. The number of para-hydroxylation sites is 1. The molecule has 1 rings (SSSR count). The van der Waals surface area contributed by atoms with Crippen LogP contribution in [0.5, 0.6) is 5.75 Å². The van der Waals surface area contributed by atoms with Gasteiger partial charge in [0, 0.05) is 19.7 Å². The number of halogens is 1. The molecule has 0 aliphatic carbocycles. The highest BCUT2D eigenvalue weighted by Gasteiger charge is 2.13. The van der Waals surface area contributed by atoms with Crippen molar-refractivity contribution in [3.8, 4) is 5.75 Å². The van der Waals surface area contributed by atoms with E-state index in [0.717, 1.165) is 0 Å². The third-order valence-corrected chi connectivity index (χ3v) is 2.24. The molecular formula is C13H20FNO2. The van der Waals surface area contributed by atoms with Crippen molar-refractivity contribution >= 4 is 0 Å². The monoisotopic (exact) mass is 241 g/mol. The number of hydrogen-bond acceptors (Lipinski definition) is 3. The first-order valence-electron chi connectivity index (χ1n) is 5.77. The molecular weight excluding hydrogens is 221 g/mol. The Hall–Kier alpha value is -1.13. The summed E-state index contributed by atoms with van der Waals surface area (Å²) in [6.07, 6.45) is -0.195. The second-order valence-electron chi connectivity index (χ2n) is 4.19. The summed E-state index contributed by atoms with van der Waals surface area (Å²) in [4.78, 5) is 0. The lowest BCUT2D eigenvalue weighted by Crippen LogP contribution is -2.38. The molecule has 0 saturated carbocycles. The minimum absolute atomic E-state index is 0.195. The zero-order valence-electron chi connectivity index (χ0n) is 10.6. The quantitative estimate of drug-likeness (QED) is 0.794. The fourth-order valence-corrected chi connectivity index (χ4v) is 1.41. The fourth-order valence-electron chi connectivity index (χ4n) is 1.41. The van der Waals surface area contributed by atoms with Crippen LogP contribution in [0.3, 0.4) is 0 Å². The molecule has 4 heteroatoms. The number of benzene rings is 1. The van der Waals surface area contributed by atoms with Crippen LogP contribution < -0.4 is 10.1 Å². The van der Waals surface area contributed by atoms with E-state index in [1.165, 1.54) is 6.07 Å². The van der Waals surface area contributed by atoms with Crippen molar-refractivity contribution in [3.63, 3.8) is 0 Å². The number of rotatable bonds is 7. The maximum absolute atomic E-state index is 13.4. The Labute approximate surface area is 102 Å². The Morgan fingerprint density at radius 1 is 1.29 bits per heavy atom. The van der Waals surface area contributed by atoms with Crippen molar-refractivity contribution in [3.05, 3.63) is 30.1 Å². The Bertz CT molecular complexity index is 331. The molecule has 0 aromatic heterocycles. The average molecular weight is 241 g/mol. The van der Waals surface area contributed by atoms with Gasteiger partial charge in [0.05, 0.1) is 6.61 Å². The molecule has 1 N–H and O–H groups in total. The highest BCUT2D eigenvalue weighted by atomic mass is 19.1. The molecule has 0 heterocycles. The summed E-state index contributed by atoms with van der Waals surface area (Å²) in [7, 11) is 1.60. The molecule has 0 radical (unpaired) electrons. The van der Waals surface area contributed by atoms with Crippen molar-refractivity contribution in [1.82, 2.24) is 5.32 Å². The van der Waals surface area contributed by atoms with E-state index in [4.69, 9.17) is 9.47 Å². The van der Waals surface area contributed by atoms with Crippen LogP contribution in [0.4, 0.5) is 4.39 Å². The fraction of sp³-hybridized carbons (Fsp3) is 0.538. The van der Waals surface area contributed by atoms with Gasteiger partial charge in [-0.25, -0.2) is 4.39 Å². The minimum Gasteiger partial charge on any atom is -0.484 e. The van der Waals surface area contributed by atoms with E-state index in [2.05, 4.69) is 5.32 Å². The predicted octanol–water partition coefficient (Wildman–Crippen LogP) is 2.22. The van der Waals surface area contributed by atoms with Crippen molar-refractivity contribution in [2.24, 2.45) is 0 Å². The average Bonchev–Trinajstić information content (AvgIpc) is 2.29. The third kappa shape index (κ3) is 5.15. The molecule has 1 unspecified atom stereocenters. The largest absolute Gasteiger partial charge is 0.484 e. The molecule has 0 bridgehead atoms. The Morgan fingerprint density at radius 2 is 2.00 bits per heavy atom. The van der Waals surface area contributed by atoms with Crippen molar-refractivity contribution in [2.45, 2.75) is 26.0 Å². The summed E-state index contributed by atoms with van der Waals surface area (Å²) in [6, 6.07) is 6.75. The minimum atomic E-state index is -0.349. The number of nitrogens with one attached hydrogen (secondary N) is 1. The van der Waals surface area contributed by atoms with Crippen LogP contribution in [-0.4, -0.2) is 32.4 Å². The van der Waals surface area contributed by atoms with E-state index >= 15 is 0 Å². The van der Waals surface area contributed by atoms with E-state index in [0.29, 0.717) is 19.2 Å². The molecule has 0 aliphatic heterocycles. The summed E-state index contributed by atoms with van der Waals surface area (Å²) in [5.41, 5.74) is 0. The van der Waals surface area contributed by atoms with Crippen molar-refractivity contribution in [2.75, 3.05) is 20.3 Å². The highest BCUT2D eigenvalue weighted by molar-refractivity contribution is 5.23. The molecule has 96 valence electrons. The van der Waals surface area contributed by atoms with E-state index in [1.54, 1.807) is 25.3 Å². The Morgan fingerprint density at radius 3 is 2.59 bits per heavy atom. The predicted molar refractivity (Wildman–Crippen MR) is 65.8 cm³/mol. The van der Waals surface area contributed by atoms with Gasteiger partial charge in [0.1, 0.15) is 6.10 Å². The topological polar surface area (TPSA) is 30.5 Å². The molecule has 0 aliphatic rings. The van der Waals surface area contributed by atoms with E-state index in [-0.39, 0.29) is 17.7 Å². The van der Waals surface area contributed by atoms with E-state index in [1.807, 2.05) is 13.8 Å². The first-order valence-corrected chi connectivity index (χ1v) is 5.77. The maximum Gasteiger partial charge on any atom is 0.165 e. The van der Waals surface area contributed by atoms with Gasteiger partial charge in [-0.1, -0.05) is 26.0 Å². The number of methoxy groups -OCH3 is 1. The molecule has 0 spiro atoms. The molecule has 3 nitrogen and oxygen atoms in total. The summed E-state index contributed by atoms with van der Waals surface area (Å²) in [6.45, 7) is 5.15.